The number of hydrogen-bond donors (Lipinski definition) is 0. The molecule has 0 atom stereocenters. The summed E-state index contributed by atoms with van der Waals surface area (Å²) in [5.41, 5.74) is 6.16. The highest BCUT2D eigenvalue weighted by atomic mass is 16.5. The van der Waals surface area contributed by atoms with Gasteiger partial charge in [-0.1, -0.05) is 0 Å². The lowest BCUT2D eigenvalue weighted by molar-refractivity contribution is 0.243. The third-order valence-corrected chi connectivity index (χ3v) is 6.30. The number of aromatic nitrogens is 3. The highest BCUT2D eigenvalue weighted by Crippen LogP contribution is 2.28. The summed E-state index contributed by atoms with van der Waals surface area (Å²) in [6.45, 7) is 6.90. The predicted octanol–water partition coefficient (Wildman–Crippen LogP) is 3.99. The summed E-state index contributed by atoms with van der Waals surface area (Å²) in [5, 5.41) is 1.28. The highest BCUT2D eigenvalue weighted by Gasteiger charge is 2.21. The van der Waals surface area contributed by atoms with E-state index in [0.717, 1.165) is 62.9 Å². The van der Waals surface area contributed by atoms with Crippen molar-refractivity contribution in [3.05, 3.63) is 53.2 Å². The van der Waals surface area contributed by atoms with Crippen LogP contribution in [0.4, 0.5) is 0 Å². The van der Waals surface area contributed by atoms with Crippen molar-refractivity contribution in [1.29, 1.82) is 0 Å². The number of fused-ring (bicyclic) bond motifs is 2. The molecule has 3 aromatic rings. The molecule has 0 aliphatic carbocycles. The molecule has 4 heterocycles. The Kier molecular flexibility index (Phi) is 5.25. The molecule has 2 aliphatic heterocycles. The Labute approximate surface area is 177 Å². The average Bonchev–Trinajstić information content (AvgIpc) is 3.16. The van der Waals surface area contributed by atoms with Crippen LogP contribution in [0.2, 0.25) is 0 Å². The van der Waals surface area contributed by atoms with Crippen LogP contribution in [0.1, 0.15) is 48.8 Å². The van der Waals surface area contributed by atoms with Crippen LogP contribution >= 0.6 is 0 Å². The van der Waals surface area contributed by atoms with E-state index < -0.39 is 0 Å². The van der Waals surface area contributed by atoms with Crippen LogP contribution in [0, 0.1) is 0 Å². The van der Waals surface area contributed by atoms with Crippen molar-refractivity contribution in [2.75, 3.05) is 20.2 Å². The molecule has 0 radical (unpaired) electrons. The van der Waals surface area contributed by atoms with Crippen molar-refractivity contribution in [3.8, 4) is 5.75 Å². The van der Waals surface area contributed by atoms with Gasteiger partial charge in [-0.3, -0.25) is 9.89 Å². The molecule has 30 heavy (non-hydrogen) atoms. The number of ether oxygens (including phenoxy) is 1. The van der Waals surface area contributed by atoms with Gasteiger partial charge in [0.25, 0.3) is 0 Å². The molecule has 6 nitrogen and oxygen atoms in total. The minimum absolute atomic E-state index is 0.847. The van der Waals surface area contributed by atoms with Gasteiger partial charge in [0.15, 0.2) is 5.82 Å². The van der Waals surface area contributed by atoms with Gasteiger partial charge in [0.2, 0.25) is 0 Å². The van der Waals surface area contributed by atoms with Gasteiger partial charge in [-0.05, 0) is 49.9 Å². The lowest BCUT2D eigenvalue weighted by Gasteiger charge is -2.28. The van der Waals surface area contributed by atoms with Crippen LogP contribution in [-0.4, -0.2) is 45.3 Å². The number of rotatable bonds is 5. The molecule has 0 amide bonds. The fraction of sp³-hybridized carbons (Fsp3) is 0.458. The van der Waals surface area contributed by atoms with Crippen LogP contribution in [0.5, 0.6) is 5.75 Å². The minimum atomic E-state index is 0.847. The van der Waals surface area contributed by atoms with Crippen LogP contribution in [0.25, 0.3) is 10.9 Å². The second-order valence-electron chi connectivity index (χ2n) is 8.24. The molecule has 6 heteroatoms. The molecule has 5 rings (SSSR count). The summed E-state index contributed by atoms with van der Waals surface area (Å²) < 4.78 is 7.79. The number of nitrogens with zero attached hydrogens (tertiary/aromatic N) is 5. The van der Waals surface area contributed by atoms with E-state index in [-0.39, 0.29) is 0 Å². The van der Waals surface area contributed by atoms with Crippen LogP contribution < -0.4 is 4.74 Å². The summed E-state index contributed by atoms with van der Waals surface area (Å²) in [6.07, 6.45) is 8.68. The number of aliphatic imine (C=N–C) groups is 1. The molecule has 0 spiro atoms. The molecule has 0 saturated heterocycles. The first-order valence-corrected chi connectivity index (χ1v) is 11.0. The Morgan fingerprint density at radius 1 is 1.17 bits per heavy atom. The first kappa shape index (κ1) is 19.2. The maximum absolute atomic E-state index is 5.47. The maximum atomic E-state index is 5.47. The summed E-state index contributed by atoms with van der Waals surface area (Å²) in [4.78, 5) is 16.7. The van der Waals surface area contributed by atoms with Crippen molar-refractivity contribution >= 4 is 16.6 Å². The van der Waals surface area contributed by atoms with E-state index in [0.29, 0.717) is 0 Å². The lowest BCUT2D eigenvalue weighted by Crippen LogP contribution is -2.31. The third kappa shape index (κ3) is 3.60. The SMILES string of the molecule is CCn1cc(CN2CCc3nc(C4=NCCCC4)ncc3C2)c2cc(OC)ccc21. The second-order valence-corrected chi connectivity index (χ2v) is 8.24. The number of aryl methyl sites for hydroxylation is 1. The van der Waals surface area contributed by atoms with Gasteiger partial charge >= 0.3 is 0 Å². The summed E-state index contributed by atoms with van der Waals surface area (Å²) in [7, 11) is 1.73. The quantitative estimate of drug-likeness (QED) is 0.646. The smallest absolute Gasteiger partial charge is 0.173 e. The topological polar surface area (TPSA) is 55.5 Å². The molecular weight excluding hydrogens is 374 g/mol. The molecule has 0 fully saturated rings. The Hall–Kier alpha value is -2.73. The number of methoxy groups -OCH3 is 1. The second kappa shape index (κ2) is 8.19. The molecule has 2 aromatic heterocycles. The molecule has 0 unspecified atom stereocenters. The molecule has 0 N–H and O–H groups in total. The molecule has 0 saturated carbocycles. The average molecular weight is 404 g/mol. The Balaban J connectivity index is 1.37. The van der Waals surface area contributed by atoms with Gasteiger partial charge in [-0.25, -0.2) is 9.97 Å². The third-order valence-electron chi connectivity index (χ3n) is 6.30. The Morgan fingerprint density at radius 3 is 2.90 bits per heavy atom. The highest BCUT2D eigenvalue weighted by molar-refractivity contribution is 5.97. The largest absolute Gasteiger partial charge is 0.497 e. The summed E-state index contributed by atoms with van der Waals surface area (Å²) >= 11 is 0. The number of hydrogen-bond acceptors (Lipinski definition) is 5. The van der Waals surface area contributed by atoms with E-state index in [1.54, 1.807) is 7.11 Å². The molecule has 1 aromatic carbocycles. The molecular formula is C24H29N5O. The molecule has 0 bridgehead atoms. The zero-order valence-corrected chi connectivity index (χ0v) is 17.9. The monoisotopic (exact) mass is 403 g/mol. The normalized spacial score (nSPS) is 17.1. The van der Waals surface area contributed by atoms with Crippen molar-refractivity contribution in [3.63, 3.8) is 0 Å². The first-order valence-electron chi connectivity index (χ1n) is 11.0. The van der Waals surface area contributed by atoms with Gasteiger partial charge in [0.1, 0.15) is 5.75 Å². The Morgan fingerprint density at radius 2 is 2.10 bits per heavy atom. The summed E-state index contributed by atoms with van der Waals surface area (Å²) in [5.74, 6) is 1.76. The van der Waals surface area contributed by atoms with Crippen LogP contribution in [0.3, 0.4) is 0 Å². The van der Waals surface area contributed by atoms with E-state index in [2.05, 4.69) is 44.7 Å². The van der Waals surface area contributed by atoms with E-state index in [4.69, 9.17) is 9.72 Å². The van der Waals surface area contributed by atoms with Gasteiger partial charge in [0.05, 0.1) is 18.5 Å². The predicted molar refractivity (Wildman–Crippen MR) is 119 cm³/mol. The standard InChI is InChI=1S/C24H29N5O/c1-3-29-16-18(20-12-19(30-2)7-8-23(20)29)15-28-11-9-21-17(14-28)13-26-24(27-21)22-6-4-5-10-25-22/h7-8,12-13,16H,3-6,9-11,14-15H2,1-2H3. The van der Waals surface area contributed by atoms with E-state index in [1.165, 1.54) is 40.6 Å². The van der Waals surface area contributed by atoms with Gasteiger partial charge < -0.3 is 9.30 Å². The van der Waals surface area contributed by atoms with Crippen LogP contribution in [-0.2, 0) is 26.1 Å². The maximum Gasteiger partial charge on any atom is 0.173 e. The van der Waals surface area contributed by atoms with Crippen molar-refractivity contribution in [1.82, 2.24) is 19.4 Å². The van der Waals surface area contributed by atoms with Gasteiger partial charge in [-0.2, -0.15) is 0 Å². The first-order chi connectivity index (χ1) is 14.7. The number of benzene rings is 1. The minimum Gasteiger partial charge on any atom is -0.497 e. The van der Waals surface area contributed by atoms with Crippen molar-refractivity contribution in [2.24, 2.45) is 4.99 Å². The Bertz CT molecular complexity index is 1100. The van der Waals surface area contributed by atoms with Gasteiger partial charge in [0, 0.05) is 68.0 Å². The fourth-order valence-corrected chi connectivity index (χ4v) is 4.63. The molecule has 156 valence electrons. The summed E-state index contributed by atoms with van der Waals surface area (Å²) in [6, 6.07) is 6.37. The zero-order chi connectivity index (χ0) is 20.5. The van der Waals surface area contributed by atoms with Crippen LogP contribution in [0.15, 0.2) is 35.6 Å². The molecule has 2 aliphatic rings. The van der Waals surface area contributed by atoms with E-state index >= 15 is 0 Å². The lowest BCUT2D eigenvalue weighted by atomic mass is 10.0. The van der Waals surface area contributed by atoms with E-state index in [1.807, 2.05) is 12.3 Å². The zero-order valence-electron chi connectivity index (χ0n) is 17.9. The van der Waals surface area contributed by atoms with Gasteiger partial charge in [-0.15, -0.1) is 0 Å². The fourth-order valence-electron chi connectivity index (χ4n) is 4.63. The van der Waals surface area contributed by atoms with E-state index in [9.17, 15) is 0 Å². The van der Waals surface area contributed by atoms with Crippen molar-refractivity contribution < 1.29 is 4.74 Å². The van der Waals surface area contributed by atoms with Crippen molar-refractivity contribution in [2.45, 2.75) is 52.2 Å².